The summed E-state index contributed by atoms with van der Waals surface area (Å²) in [6, 6.07) is 13.6. The third-order valence-electron chi connectivity index (χ3n) is 4.00. The first-order chi connectivity index (χ1) is 11.4. The maximum absolute atomic E-state index is 12.2. The second-order valence-corrected chi connectivity index (χ2v) is 7.87. The van der Waals surface area contributed by atoms with Crippen molar-refractivity contribution in [2.75, 3.05) is 6.54 Å². The molecule has 2 aromatic carbocycles. The number of nitrogens with one attached hydrogen (secondary N) is 1. The van der Waals surface area contributed by atoms with Gasteiger partial charge in [0.05, 0.1) is 23.1 Å². The highest BCUT2D eigenvalue weighted by atomic mass is 32.2. The van der Waals surface area contributed by atoms with Crippen molar-refractivity contribution in [3.05, 3.63) is 65.5 Å². The highest BCUT2D eigenvalue weighted by Crippen LogP contribution is 2.14. The Morgan fingerprint density at radius 3 is 2.54 bits per heavy atom. The second-order valence-electron chi connectivity index (χ2n) is 6.07. The zero-order chi connectivity index (χ0) is 17.2. The summed E-state index contributed by atoms with van der Waals surface area (Å²) in [5.74, 6) is 0.00650. The van der Waals surface area contributed by atoms with Crippen LogP contribution in [0.4, 0.5) is 0 Å². The summed E-state index contributed by atoms with van der Waals surface area (Å²) in [6.07, 6.45) is 2.42. The molecule has 0 saturated carbocycles. The fourth-order valence-electron chi connectivity index (χ4n) is 2.64. The molecule has 0 spiro atoms. The monoisotopic (exact) mass is 343 g/mol. The molecule has 0 aliphatic carbocycles. The summed E-state index contributed by atoms with van der Waals surface area (Å²) in [5.41, 5.74) is 4.98. The van der Waals surface area contributed by atoms with Gasteiger partial charge in [0.2, 0.25) is 10.0 Å². The van der Waals surface area contributed by atoms with E-state index in [0.717, 1.165) is 27.7 Å². The molecule has 3 aromatic rings. The molecule has 126 valence electrons. The van der Waals surface area contributed by atoms with E-state index in [1.54, 1.807) is 6.33 Å². The predicted molar refractivity (Wildman–Crippen MR) is 96.2 cm³/mol. The van der Waals surface area contributed by atoms with E-state index in [1.165, 1.54) is 0 Å². The van der Waals surface area contributed by atoms with Crippen molar-refractivity contribution in [3.8, 4) is 0 Å². The number of hydrogen-bond acceptors (Lipinski definition) is 3. The molecule has 5 nitrogen and oxygen atoms in total. The molecule has 1 N–H and O–H groups in total. The maximum Gasteiger partial charge on any atom is 0.215 e. The molecule has 0 radical (unpaired) electrons. The van der Waals surface area contributed by atoms with Crippen LogP contribution in [-0.4, -0.2) is 24.5 Å². The molecular formula is C18H21N3O2S. The van der Waals surface area contributed by atoms with E-state index in [4.69, 9.17) is 0 Å². The van der Waals surface area contributed by atoms with Crippen molar-refractivity contribution in [1.82, 2.24) is 14.3 Å². The molecule has 0 bridgehead atoms. The van der Waals surface area contributed by atoms with Gasteiger partial charge >= 0.3 is 0 Å². The van der Waals surface area contributed by atoms with E-state index in [9.17, 15) is 8.42 Å². The third kappa shape index (κ3) is 4.01. The van der Waals surface area contributed by atoms with Crippen LogP contribution in [0, 0.1) is 6.92 Å². The van der Waals surface area contributed by atoms with Crippen molar-refractivity contribution in [2.24, 2.45) is 7.05 Å². The summed E-state index contributed by atoms with van der Waals surface area (Å²) in [4.78, 5) is 4.32. The second kappa shape index (κ2) is 6.75. The van der Waals surface area contributed by atoms with Crippen LogP contribution < -0.4 is 4.72 Å². The van der Waals surface area contributed by atoms with Gasteiger partial charge in [-0.05, 0) is 36.6 Å². The summed E-state index contributed by atoms with van der Waals surface area (Å²) in [7, 11) is -1.37. The Balaban J connectivity index is 1.58. The van der Waals surface area contributed by atoms with Gasteiger partial charge in [-0.2, -0.15) is 0 Å². The van der Waals surface area contributed by atoms with Gasteiger partial charge in [0, 0.05) is 13.6 Å². The number of aryl methyl sites for hydroxylation is 2. The number of fused-ring (bicyclic) bond motifs is 1. The van der Waals surface area contributed by atoms with Crippen LogP contribution in [-0.2, 0) is 29.2 Å². The quantitative estimate of drug-likeness (QED) is 0.748. The molecular weight excluding hydrogens is 322 g/mol. The molecule has 0 amide bonds. The molecule has 0 aliphatic rings. The molecule has 1 aromatic heterocycles. The Hall–Kier alpha value is -2.18. The van der Waals surface area contributed by atoms with E-state index < -0.39 is 10.0 Å². The number of nitrogens with zero attached hydrogens (tertiary/aromatic N) is 2. The van der Waals surface area contributed by atoms with Gasteiger partial charge < -0.3 is 4.57 Å². The Morgan fingerprint density at radius 2 is 1.79 bits per heavy atom. The first-order valence-electron chi connectivity index (χ1n) is 7.86. The lowest BCUT2D eigenvalue weighted by molar-refractivity contribution is 0.581. The number of sulfonamides is 1. The fraction of sp³-hybridized carbons (Fsp3) is 0.278. The van der Waals surface area contributed by atoms with E-state index in [1.807, 2.05) is 61.0 Å². The number of rotatable bonds is 6. The fourth-order valence-corrected chi connectivity index (χ4v) is 3.79. The van der Waals surface area contributed by atoms with Gasteiger partial charge in [0.25, 0.3) is 0 Å². The largest absolute Gasteiger partial charge is 0.334 e. The summed E-state index contributed by atoms with van der Waals surface area (Å²) < 4.78 is 29.0. The zero-order valence-electron chi connectivity index (χ0n) is 13.9. The lowest BCUT2D eigenvalue weighted by atomic mass is 10.1. The van der Waals surface area contributed by atoms with Crippen molar-refractivity contribution in [2.45, 2.75) is 19.1 Å². The van der Waals surface area contributed by atoms with E-state index >= 15 is 0 Å². The number of imidazole rings is 1. The minimum atomic E-state index is -3.33. The highest BCUT2D eigenvalue weighted by Gasteiger charge is 2.11. The zero-order valence-corrected chi connectivity index (χ0v) is 14.7. The Bertz CT molecular complexity index is 944. The van der Waals surface area contributed by atoms with Crippen LogP contribution in [0.5, 0.6) is 0 Å². The first kappa shape index (κ1) is 16.7. The predicted octanol–water partition coefficient (Wildman–Crippen LogP) is 2.54. The van der Waals surface area contributed by atoms with Crippen LogP contribution in [0.1, 0.15) is 16.7 Å². The SMILES string of the molecule is Cc1ccc(CS(=O)(=O)NCCc2ccc3c(c2)ncn3C)cc1. The van der Waals surface area contributed by atoms with Gasteiger partial charge in [0.1, 0.15) is 0 Å². The number of aromatic nitrogens is 2. The molecule has 0 saturated heterocycles. The molecule has 1 heterocycles. The normalized spacial score (nSPS) is 11.9. The summed E-state index contributed by atoms with van der Waals surface area (Å²) in [6.45, 7) is 2.36. The molecule has 24 heavy (non-hydrogen) atoms. The highest BCUT2D eigenvalue weighted by molar-refractivity contribution is 7.88. The van der Waals surface area contributed by atoms with E-state index in [-0.39, 0.29) is 5.75 Å². The van der Waals surface area contributed by atoms with Gasteiger partial charge in [-0.3, -0.25) is 0 Å². The minimum absolute atomic E-state index is 0.00650. The van der Waals surface area contributed by atoms with Crippen LogP contribution in [0.2, 0.25) is 0 Å². The van der Waals surface area contributed by atoms with Crippen LogP contribution >= 0.6 is 0 Å². The van der Waals surface area contributed by atoms with Gasteiger partial charge in [0.15, 0.2) is 0 Å². The van der Waals surface area contributed by atoms with E-state index in [0.29, 0.717) is 13.0 Å². The lowest BCUT2D eigenvalue weighted by Gasteiger charge is -2.07. The third-order valence-corrected chi connectivity index (χ3v) is 5.36. The molecule has 0 atom stereocenters. The average Bonchev–Trinajstić information content (AvgIpc) is 2.90. The van der Waals surface area contributed by atoms with E-state index in [2.05, 4.69) is 9.71 Å². The summed E-state index contributed by atoms with van der Waals surface area (Å²) >= 11 is 0. The Kier molecular flexibility index (Phi) is 4.69. The standard InChI is InChI=1S/C18H21N3O2S/c1-14-3-5-16(6-4-14)12-24(22,23)20-10-9-15-7-8-18-17(11-15)19-13-21(18)2/h3-8,11,13,20H,9-10,12H2,1-2H3. The molecule has 3 rings (SSSR count). The molecule has 0 aliphatic heterocycles. The molecule has 6 heteroatoms. The van der Waals surface area contributed by atoms with Gasteiger partial charge in [-0.1, -0.05) is 35.9 Å². The molecule has 0 unspecified atom stereocenters. The van der Waals surface area contributed by atoms with Crippen molar-refractivity contribution >= 4 is 21.1 Å². The number of benzene rings is 2. The summed E-state index contributed by atoms with van der Waals surface area (Å²) in [5, 5.41) is 0. The smallest absolute Gasteiger partial charge is 0.215 e. The first-order valence-corrected chi connectivity index (χ1v) is 9.51. The number of hydrogen-bond donors (Lipinski definition) is 1. The van der Waals surface area contributed by atoms with Crippen LogP contribution in [0.3, 0.4) is 0 Å². The maximum atomic E-state index is 12.2. The average molecular weight is 343 g/mol. The Morgan fingerprint density at radius 1 is 1.08 bits per heavy atom. The van der Waals surface area contributed by atoms with Gasteiger partial charge in [-0.15, -0.1) is 0 Å². The van der Waals surface area contributed by atoms with Gasteiger partial charge in [-0.25, -0.2) is 18.1 Å². The topological polar surface area (TPSA) is 64.0 Å². The minimum Gasteiger partial charge on any atom is -0.334 e. The van der Waals surface area contributed by atoms with Crippen molar-refractivity contribution in [3.63, 3.8) is 0 Å². The molecule has 0 fully saturated rings. The Labute approximate surface area is 142 Å². The lowest BCUT2D eigenvalue weighted by Crippen LogP contribution is -2.27. The van der Waals surface area contributed by atoms with Crippen LogP contribution in [0.15, 0.2) is 48.8 Å². The van der Waals surface area contributed by atoms with Crippen molar-refractivity contribution in [1.29, 1.82) is 0 Å². The van der Waals surface area contributed by atoms with Crippen LogP contribution in [0.25, 0.3) is 11.0 Å². The van der Waals surface area contributed by atoms with Crippen molar-refractivity contribution < 1.29 is 8.42 Å².